The fraction of sp³-hybridized carbons (Fsp3) is 0.200. The number of para-hydroxylation sites is 1. The molecule has 0 aliphatic carbocycles. The van der Waals surface area contributed by atoms with Crippen molar-refractivity contribution < 1.29 is 23.4 Å². The monoisotopic (exact) mass is 352 g/mol. The van der Waals surface area contributed by atoms with Crippen molar-refractivity contribution in [3.63, 3.8) is 0 Å². The molecule has 1 unspecified atom stereocenters. The van der Waals surface area contributed by atoms with Gasteiger partial charge in [0.15, 0.2) is 16.9 Å². The van der Waals surface area contributed by atoms with Gasteiger partial charge in [0.2, 0.25) is 0 Å². The largest absolute Gasteiger partial charge is 0.460 e. The van der Waals surface area contributed by atoms with Gasteiger partial charge in [-0.25, -0.2) is 4.79 Å². The van der Waals surface area contributed by atoms with Crippen LogP contribution in [0.2, 0.25) is 0 Å². The van der Waals surface area contributed by atoms with E-state index in [-0.39, 0.29) is 12.0 Å². The summed E-state index contributed by atoms with van der Waals surface area (Å²) in [6.45, 7) is 3.67. The van der Waals surface area contributed by atoms with Gasteiger partial charge in [-0.05, 0) is 44.2 Å². The lowest BCUT2D eigenvalue weighted by Crippen LogP contribution is -2.30. The fourth-order valence-corrected chi connectivity index (χ4v) is 2.91. The molecule has 1 atom stereocenters. The lowest BCUT2D eigenvalue weighted by atomic mass is 10.1. The highest BCUT2D eigenvalue weighted by molar-refractivity contribution is 5.81. The maximum atomic E-state index is 12.6. The molecule has 132 valence electrons. The van der Waals surface area contributed by atoms with E-state index < -0.39 is 12.3 Å². The fourth-order valence-electron chi connectivity index (χ4n) is 2.91. The molecule has 1 aliphatic heterocycles. The number of carbonyl (C=O) groups is 1. The van der Waals surface area contributed by atoms with Gasteiger partial charge >= 0.3 is 12.3 Å². The van der Waals surface area contributed by atoms with Crippen LogP contribution in [0.25, 0.3) is 22.3 Å². The molecular formula is C20H16O6. The molecular weight excluding hydrogens is 336 g/mol. The zero-order valence-electron chi connectivity index (χ0n) is 14.3. The second kappa shape index (κ2) is 6.22. The zero-order valence-corrected chi connectivity index (χ0v) is 14.3. The Hall–Kier alpha value is -3.28. The summed E-state index contributed by atoms with van der Waals surface area (Å²) in [4.78, 5) is 24.4. The number of carbonyl (C=O) groups excluding carboxylic acids is 1. The Bertz CT molecular complexity index is 1070. The summed E-state index contributed by atoms with van der Waals surface area (Å²) in [6.07, 6.45) is -1.12. The first kappa shape index (κ1) is 16.2. The van der Waals surface area contributed by atoms with E-state index in [9.17, 15) is 9.59 Å². The molecule has 26 heavy (non-hydrogen) atoms. The average Bonchev–Trinajstić information content (AvgIpc) is 3.08. The molecule has 0 N–H and O–H groups in total. The molecule has 0 spiro atoms. The molecule has 0 saturated heterocycles. The summed E-state index contributed by atoms with van der Waals surface area (Å²) in [5.74, 6) is 0.710. The third-order valence-corrected chi connectivity index (χ3v) is 4.18. The van der Waals surface area contributed by atoms with Crippen molar-refractivity contribution in [1.29, 1.82) is 0 Å². The van der Waals surface area contributed by atoms with E-state index in [1.54, 1.807) is 50.2 Å². The summed E-state index contributed by atoms with van der Waals surface area (Å²) in [7, 11) is 0. The molecule has 6 nitrogen and oxygen atoms in total. The Labute approximate surface area is 148 Å². The number of fused-ring (bicyclic) bond motifs is 2. The maximum absolute atomic E-state index is 12.6. The number of rotatable bonds is 3. The summed E-state index contributed by atoms with van der Waals surface area (Å²) in [5.41, 5.74) is 1.60. The minimum atomic E-state index is -1.12. The predicted octanol–water partition coefficient (Wildman–Crippen LogP) is 3.43. The second-order valence-electron chi connectivity index (χ2n) is 5.86. The number of benzene rings is 2. The molecule has 0 bridgehead atoms. The van der Waals surface area contributed by atoms with E-state index in [2.05, 4.69) is 0 Å². The van der Waals surface area contributed by atoms with E-state index in [0.717, 1.165) is 0 Å². The molecule has 2 heterocycles. The van der Waals surface area contributed by atoms with Crippen LogP contribution >= 0.6 is 0 Å². The van der Waals surface area contributed by atoms with Crippen LogP contribution in [-0.2, 0) is 9.53 Å². The normalized spacial score (nSPS) is 15.2. The van der Waals surface area contributed by atoms with Gasteiger partial charge in [-0.15, -0.1) is 0 Å². The van der Waals surface area contributed by atoms with E-state index in [1.807, 2.05) is 6.07 Å². The van der Waals surface area contributed by atoms with Crippen LogP contribution in [0.15, 0.2) is 51.7 Å². The predicted molar refractivity (Wildman–Crippen MR) is 94.3 cm³/mol. The van der Waals surface area contributed by atoms with Crippen LogP contribution in [0, 0.1) is 6.92 Å². The van der Waals surface area contributed by atoms with Gasteiger partial charge in [0.05, 0.1) is 12.0 Å². The third kappa shape index (κ3) is 2.60. The van der Waals surface area contributed by atoms with Gasteiger partial charge in [0.1, 0.15) is 11.3 Å². The van der Waals surface area contributed by atoms with Crippen molar-refractivity contribution >= 4 is 16.9 Å². The standard InChI is InChI=1S/C20H16O6/c1-3-23-19(22)20-25-15-9-8-12(10-16(15)26-20)18-11(2)17(21)13-6-4-5-7-14(13)24-18/h4-10,20H,3H2,1-2H3. The molecule has 6 heteroatoms. The molecule has 3 aromatic rings. The minimum Gasteiger partial charge on any atom is -0.460 e. The summed E-state index contributed by atoms with van der Waals surface area (Å²) < 4.78 is 21.8. The summed E-state index contributed by atoms with van der Waals surface area (Å²) >= 11 is 0. The SMILES string of the molecule is CCOC(=O)C1Oc2ccc(-c3oc4ccccc4c(=O)c3C)cc2O1. The van der Waals surface area contributed by atoms with Crippen molar-refractivity contribution in [3.8, 4) is 22.8 Å². The molecule has 1 aliphatic rings. The number of hydrogen-bond donors (Lipinski definition) is 0. The van der Waals surface area contributed by atoms with Crippen LogP contribution in [0.3, 0.4) is 0 Å². The molecule has 0 radical (unpaired) electrons. The topological polar surface area (TPSA) is 75.0 Å². The van der Waals surface area contributed by atoms with Crippen LogP contribution in [0.1, 0.15) is 12.5 Å². The highest BCUT2D eigenvalue weighted by atomic mass is 16.7. The van der Waals surface area contributed by atoms with Crippen LogP contribution in [0.4, 0.5) is 0 Å². The number of ether oxygens (including phenoxy) is 3. The van der Waals surface area contributed by atoms with Gasteiger partial charge in [-0.2, -0.15) is 0 Å². The first-order chi connectivity index (χ1) is 12.6. The highest BCUT2D eigenvalue weighted by Crippen LogP contribution is 2.39. The summed E-state index contributed by atoms with van der Waals surface area (Å²) in [5, 5.41) is 0.539. The molecule has 0 saturated carbocycles. The lowest BCUT2D eigenvalue weighted by molar-refractivity contribution is -0.161. The van der Waals surface area contributed by atoms with Crippen molar-refractivity contribution in [2.75, 3.05) is 6.61 Å². The zero-order chi connectivity index (χ0) is 18.3. The smallest absolute Gasteiger partial charge is 0.389 e. The molecule has 0 fully saturated rings. The van der Waals surface area contributed by atoms with Gasteiger partial charge in [-0.3, -0.25) is 4.79 Å². The quantitative estimate of drug-likeness (QED) is 0.672. The van der Waals surface area contributed by atoms with Gasteiger partial charge in [0.25, 0.3) is 0 Å². The Kier molecular flexibility index (Phi) is 3.88. The van der Waals surface area contributed by atoms with Gasteiger partial charge in [-0.1, -0.05) is 12.1 Å². The Morgan fingerprint density at radius 3 is 2.69 bits per heavy atom. The Balaban J connectivity index is 1.75. The van der Waals surface area contributed by atoms with Crippen LogP contribution < -0.4 is 14.9 Å². The Morgan fingerprint density at radius 1 is 1.12 bits per heavy atom. The molecule has 2 aromatic carbocycles. The maximum Gasteiger partial charge on any atom is 0.389 e. The number of hydrogen-bond acceptors (Lipinski definition) is 6. The molecule has 0 amide bonds. The van der Waals surface area contributed by atoms with E-state index in [4.69, 9.17) is 18.6 Å². The molecule has 1 aromatic heterocycles. The Morgan fingerprint density at radius 2 is 1.88 bits per heavy atom. The average molecular weight is 352 g/mol. The van der Waals surface area contributed by atoms with Crippen LogP contribution in [-0.4, -0.2) is 18.9 Å². The van der Waals surface area contributed by atoms with Crippen molar-refractivity contribution in [2.45, 2.75) is 20.1 Å². The van der Waals surface area contributed by atoms with Crippen molar-refractivity contribution in [3.05, 3.63) is 58.3 Å². The highest BCUT2D eigenvalue weighted by Gasteiger charge is 2.32. The van der Waals surface area contributed by atoms with Crippen molar-refractivity contribution in [1.82, 2.24) is 0 Å². The molecule has 4 rings (SSSR count). The van der Waals surface area contributed by atoms with E-state index in [0.29, 0.717) is 39.4 Å². The lowest BCUT2D eigenvalue weighted by Gasteiger charge is -2.08. The second-order valence-corrected chi connectivity index (χ2v) is 5.86. The van der Waals surface area contributed by atoms with Gasteiger partial charge < -0.3 is 18.6 Å². The minimum absolute atomic E-state index is 0.0797. The summed E-state index contributed by atoms with van der Waals surface area (Å²) in [6, 6.07) is 12.2. The first-order valence-corrected chi connectivity index (χ1v) is 8.25. The van der Waals surface area contributed by atoms with E-state index in [1.165, 1.54) is 0 Å². The van der Waals surface area contributed by atoms with E-state index >= 15 is 0 Å². The third-order valence-electron chi connectivity index (χ3n) is 4.18. The number of esters is 1. The van der Waals surface area contributed by atoms with Crippen molar-refractivity contribution in [2.24, 2.45) is 0 Å². The van der Waals surface area contributed by atoms with Gasteiger partial charge in [0, 0.05) is 11.1 Å². The first-order valence-electron chi connectivity index (χ1n) is 8.25. The van der Waals surface area contributed by atoms with Crippen LogP contribution in [0.5, 0.6) is 11.5 Å².